The maximum atomic E-state index is 8.75. The molecule has 0 aromatic rings. The third kappa shape index (κ3) is 14.4. The molecule has 0 spiro atoms. The molecule has 0 aliphatic carbocycles. The van der Waals surface area contributed by atoms with Gasteiger partial charge in [0, 0.05) is 0 Å². The van der Waals surface area contributed by atoms with Gasteiger partial charge in [0.25, 0.3) is 0 Å². The SMILES string of the molecule is [Li+].[O-]C=[Se]. The van der Waals surface area contributed by atoms with Crippen molar-refractivity contribution in [2.24, 2.45) is 0 Å². The Labute approximate surface area is 44.9 Å². The summed E-state index contributed by atoms with van der Waals surface area (Å²) in [6, 6.07) is 0. The molecule has 0 N–H and O–H groups in total. The van der Waals surface area contributed by atoms with Crippen LogP contribution in [0.2, 0.25) is 0 Å². The molecule has 0 saturated heterocycles. The Morgan fingerprint density at radius 3 is 1.75 bits per heavy atom. The van der Waals surface area contributed by atoms with E-state index in [-0.39, 0.29) is 18.9 Å². The fourth-order valence-corrected chi connectivity index (χ4v) is 0. The first kappa shape index (κ1) is 8.84. The molecule has 0 aliphatic rings. The van der Waals surface area contributed by atoms with E-state index in [2.05, 4.69) is 15.6 Å². The Hall–Kier alpha value is 0.787. The Balaban J connectivity index is 0. The normalized spacial score (nSPS) is 3.00. The zero-order chi connectivity index (χ0) is 2.71. The molecule has 0 unspecified atom stereocenters. The first-order valence-electron chi connectivity index (χ1n) is 0.471. The third-order valence-electron chi connectivity index (χ3n) is 0. The summed E-state index contributed by atoms with van der Waals surface area (Å²) in [6.07, 6.45) is 0. The molecule has 18 valence electrons. The average Bonchev–Trinajstić information content (AvgIpc) is 0.918. The maximum absolute atomic E-state index is 8.75. The Morgan fingerprint density at radius 1 is 1.75 bits per heavy atom. The van der Waals surface area contributed by atoms with Crippen molar-refractivity contribution in [1.82, 2.24) is 0 Å². The monoisotopic (exact) mass is 116 g/mol. The van der Waals surface area contributed by atoms with Gasteiger partial charge in [-0.15, -0.1) is 0 Å². The van der Waals surface area contributed by atoms with Gasteiger partial charge in [0.1, 0.15) is 0 Å². The zero-order valence-corrected chi connectivity index (χ0v) is 4.11. The van der Waals surface area contributed by atoms with Gasteiger partial charge in [0.05, 0.1) is 0 Å². The van der Waals surface area contributed by atoms with Crippen molar-refractivity contribution >= 4 is 20.7 Å². The molecule has 0 fully saturated rings. The van der Waals surface area contributed by atoms with E-state index in [1.807, 2.05) is 0 Å². The number of hydrogen-bond donors (Lipinski definition) is 0. The van der Waals surface area contributed by atoms with Crippen LogP contribution in [-0.4, -0.2) is 20.7 Å². The van der Waals surface area contributed by atoms with E-state index in [1.165, 1.54) is 0 Å². The van der Waals surface area contributed by atoms with Gasteiger partial charge in [0.2, 0.25) is 0 Å². The quantitative estimate of drug-likeness (QED) is 0.291. The molecule has 0 atom stereocenters. The minimum atomic E-state index is 0. The van der Waals surface area contributed by atoms with Crippen LogP contribution in [0.4, 0.5) is 0 Å². The summed E-state index contributed by atoms with van der Waals surface area (Å²) in [5.41, 5.74) is 0. The van der Waals surface area contributed by atoms with Gasteiger partial charge in [-0.1, -0.05) is 0 Å². The molecule has 0 aliphatic heterocycles. The summed E-state index contributed by atoms with van der Waals surface area (Å²) < 4.78 is 0. The summed E-state index contributed by atoms with van der Waals surface area (Å²) >= 11 is 2.12. The fraction of sp³-hybridized carbons (Fsp3) is 0. The van der Waals surface area contributed by atoms with Crippen molar-refractivity contribution in [3.63, 3.8) is 0 Å². The van der Waals surface area contributed by atoms with Crippen molar-refractivity contribution in [2.75, 3.05) is 0 Å². The summed E-state index contributed by atoms with van der Waals surface area (Å²) in [7, 11) is 0. The Kier molecular flexibility index (Phi) is 20.4. The van der Waals surface area contributed by atoms with E-state index in [9.17, 15) is 0 Å². The molecular weight excluding hydrogens is 114 g/mol. The Morgan fingerprint density at radius 2 is 1.75 bits per heavy atom. The van der Waals surface area contributed by atoms with Crippen LogP contribution in [0.25, 0.3) is 0 Å². The summed E-state index contributed by atoms with van der Waals surface area (Å²) in [5, 5.41) is 9.38. The number of rotatable bonds is 0. The predicted octanol–water partition coefficient (Wildman–Crippen LogP) is -4.72. The zero-order valence-electron chi connectivity index (χ0n) is 2.39. The van der Waals surface area contributed by atoms with Crippen molar-refractivity contribution < 1.29 is 24.0 Å². The molecule has 0 amide bonds. The van der Waals surface area contributed by atoms with Crippen LogP contribution in [0.15, 0.2) is 0 Å². The second-order valence-corrected chi connectivity index (χ2v) is 0.500. The Bertz CT molecular complexity index is 15.5. The van der Waals surface area contributed by atoms with Gasteiger partial charge in [-0.2, -0.15) is 0 Å². The molecule has 4 heavy (non-hydrogen) atoms. The standard InChI is InChI=1S/CH2OSe.Li/c2-1-3;/h1H,(H,2,3);/q;+1/p-1. The predicted molar refractivity (Wildman–Crippen MR) is 11.8 cm³/mol. The second-order valence-electron chi connectivity index (χ2n) is 0.0962. The van der Waals surface area contributed by atoms with Gasteiger partial charge in [0.15, 0.2) is 0 Å². The molecule has 0 bridgehead atoms. The van der Waals surface area contributed by atoms with E-state index in [4.69, 9.17) is 5.11 Å². The van der Waals surface area contributed by atoms with Gasteiger partial charge in [-0.25, -0.2) is 0 Å². The van der Waals surface area contributed by atoms with E-state index in [1.54, 1.807) is 0 Å². The van der Waals surface area contributed by atoms with Crippen LogP contribution < -0.4 is 24.0 Å². The molecule has 0 aromatic carbocycles. The fourth-order valence-electron chi connectivity index (χ4n) is 0. The molecule has 0 aromatic heterocycles. The molecule has 3 heteroatoms. The molecule has 0 rings (SSSR count). The van der Waals surface area contributed by atoms with Crippen LogP contribution in [0.3, 0.4) is 0 Å². The van der Waals surface area contributed by atoms with Gasteiger partial charge >= 0.3 is 44.6 Å². The van der Waals surface area contributed by atoms with E-state index in [0.29, 0.717) is 5.11 Å². The van der Waals surface area contributed by atoms with Crippen molar-refractivity contribution in [3.05, 3.63) is 0 Å². The third-order valence-corrected chi connectivity index (χ3v) is 0. The van der Waals surface area contributed by atoms with Crippen LogP contribution in [0, 0.1) is 0 Å². The van der Waals surface area contributed by atoms with E-state index in [0.717, 1.165) is 0 Å². The minimum absolute atomic E-state index is 0. The molecule has 1 nitrogen and oxygen atoms in total. The first-order chi connectivity index (χ1) is 1.41. The van der Waals surface area contributed by atoms with E-state index < -0.39 is 0 Å². The molecule has 0 heterocycles. The van der Waals surface area contributed by atoms with Gasteiger partial charge in [-0.3, -0.25) is 0 Å². The van der Waals surface area contributed by atoms with Crippen molar-refractivity contribution in [2.45, 2.75) is 0 Å². The van der Waals surface area contributed by atoms with Crippen molar-refractivity contribution in [3.8, 4) is 0 Å². The van der Waals surface area contributed by atoms with Gasteiger partial charge < -0.3 is 0 Å². The second kappa shape index (κ2) is 9.21. The summed E-state index contributed by atoms with van der Waals surface area (Å²) in [5.74, 6) is 0. The summed E-state index contributed by atoms with van der Waals surface area (Å²) in [4.78, 5) is 0. The molecule has 0 radical (unpaired) electrons. The first-order valence-corrected chi connectivity index (χ1v) is 1.46. The van der Waals surface area contributed by atoms with Crippen molar-refractivity contribution in [1.29, 1.82) is 0 Å². The van der Waals surface area contributed by atoms with Crippen LogP contribution in [0.1, 0.15) is 0 Å². The summed E-state index contributed by atoms with van der Waals surface area (Å²) in [6.45, 7) is 0. The van der Waals surface area contributed by atoms with Crippen LogP contribution in [0.5, 0.6) is 0 Å². The topological polar surface area (TPSA) is 23.1 Å². The molecule has 0 saturated carbocycles. The molecular formula is CHLiOSe. The average molecular weight is 115 g/mol. The van der Waals surface area contributed by atoms with Crippen LogP contribution >= 0.6 is 0 Å². The van der Waals surface area contributed by atoms with Crippen LogP contribution in [-0.2, 0) is 0 Å². The van der Waals surface area contributed by atoms with Gasteiger partial charge in [-0.05, 0) is 0 Å². The number of hydrogen-bond acceptors (Lipinski definition) is 1. The van der Waals surface area contributed by atoms with E-state index >= 15 is 0 Å².